The van der Waals surface area contributed by atoms with Gasteiger partial charge in [0.1, 0.15) is 11.5 Å². The van der Waals surface area contributed by atoms with E-state index in [0.717, 1.165) is 133 Å². The minimum atomic E-state index is -3.60. The summed E-state index contributed by atoms with van der Waals surface area (Å²) in [4.78, 5) is 41.9. The highest BCUT2D eigenvalue weighted by atomic mass is 32.2. The summed E-state index contributed by atoms with van der Waals surface area (Å²) in [5.41, 5.74) is 5.31. The molecule has 16 N–H and O–H groups in total. The van der Waals surface area contributed by atoms with Crippen molar-refractivity contribution in [2.45, 2.75) is 371 Å². The number of hydrogen-bond donors (Lipinski definition) is 16. The van der Waals surface area contributed by atoms with Crippen LogP contribution in [0.15, 0.2) is 259 Å². The lowest BCUT2D eigenvalue weighted by atomic mass is 9.53. The Hall–Kier alpha value is -11.9. The lowest BCUT2D eigenvalue weighted by Gasteiger charge is -2.55. The van der Waals surface area contributed by atoms with Crippen LogP contribution in [-0.4, -0.2) is 135 Å². The van der Waals surface area contributed by atoms with Gasteiger partial charge >= 0.3 is 6.03 Å². The molecule has 9 fully saturated rings. The Labute approximate surface area is 853 Å². The molecule has 0 heterocycles. The number of nitrogens with one attached hydrogen (secondary N) is 13. The molecule has 0 spiro atoms. The number of aliphatic hydroxyl groups excluding tert-OH is 1. The summed E-state index contributed by atoms with van der Waals surface area (Å²) in [6.45, 7) is 32.1. The number of sulfonamides is 1. The Morgan fingerprint density at radius 2 is 0.678 bits per heavy atom. The number of benzene rings is 9. The number of urea groups is 1. The number of fused-ring (bicyclic) bond motifs is 2. The van der Waals surface area contributed by atoms with E-state index in [1.165, 1.54) is 139 Å². The molecule has 25 nitrogen and oxygen atoms in total. The molecule has 0 aromatic heterocycles. The molecule has 0 atom stereocenters. The van der Waals surface area contributed by atoms with Gasteiger partial charge in [0.25, 0.3) is 10.0 Å². The van der Waals surface area contributed by atoms with Crippen molar-refractivity contribution >= 4 is 107 Å². The summed E-state index contributed by atoms with van der Waals surface area (Å²) in [6.07, 6.45) is 35.8. The van der Waals surface area contributed by atoms with Crippen molar-refractivity contribution in [1.29, 1.82) is 0 Å². The van der Waals surface area contributed by atoms with Crippen LogP contribution >= 0.6 is 0 Å². The first-order valence-corrected chi connectivity index (χ1v) is 54.4. The van der Waals surface area contributed by atoms with E-state index in [0.29, 0.717) is 53.7 Å². The van der Waals surface area contributed by atoms with Crippen molar-refractivity contribution in [1.82, 2.24) is 47.3 Å². The van der Waals surface area contributed by atoms with Crippen LogP contribution in [0.1, 0.15) is 296 Å². The maximum absolute atomic E-state index is 12.7. The van der Waals surface area contributed by atoms with Gasteiger partial charge < -0.3 is 73.8 Å². The molecule has 9 aromatic carbocycles. The smallest absolute Gasteiger partial charge is 0.321 e. The number of para-hydroxylation sites is 3. The number of nitrogens with zero attached hydrogens (tertiary/aromatic N) is 6. The normalized spacial score (nSPS) is 20.3. The summed E-state index contributed by atoms with van der Waals surface area (Å²) in [5.74, 6) is 7.43. The number of rotatable bonds is 14. The summed E-state index contributed by atoms with van der Waals surface area (Å²) in [6, 6.07) is 72.2. The first kappa shape index (κ1) is 110. The van der Waals surface area contributed by atoms with Gasteiger partial charge in [-0.3, -0.25) is 5.32 Å². The number of aromatic hydroxyl groups is 2. The molecule has 26 heteroatoms. The maximum atomic E-state index is 12.7. The number of anilines is 4. The van der Waals surface area contributed by atoms with E-state index in [1.54, 1.807) is 72.8 Å². The molecule has 143 heavy (non-hydrogen) atoms. The first-order chi connectivity index (χ1) is 68.2. The van der Waals surface area contributed by atoms with Crippen LogP contribution in [0.5, 0.6) is 11.5 Å². The number of hydrogen-bond acceptors (Lipinski definition) is 12. The molecule has 9 aromatic rings. The molecule has 9 aliphatic carbocycles. The molecule has 9 aliphatic rings. The predicted molar refractivity (Wildman–Crippen MR) is 598 cm³/mol. The second kappa shape index (κ2) is 52.6. The van der Waals surface area contributed by atoms with Gasteiger partial charge in [-0.2, -0.15) is 0 Å². The van der Waals surface area contributed by atoms with Gasteiger partial charge in [-0.05, 0) is 351 Å². The Kier molecular flexibility index (Phi) is 40.4. The van der Waals surface area contributed by atoms with Crippen molar-refractivity contribution in [2.75, 3.05) is 21.3 Å². The van der Waals surface area contributed by atoms with Gasteiger partial charge in [-0.15, -0.1) is 0 Å². The van der Waals surface area contributed by atoms with Crippen LogP contribution in [0.3, 0.4) is 0 Å². The van der Waals surface area contributed by atoms with E-state index in [2.05, 4.69) is 211 Å². The monoisotopic (exact) mass is 1970 g/mol. The van der Waals surface area contributed by atoms with Crippen molar-refractivity contribution < 1.29 is 28.5 Å². The molecule has 772 valence electrons. The zero-order valence-electron chi connectivity index (χ0n) is 87.9. The third-order valence-corrected chi connectivity index (χ3v) is 27.6. The largest absolute Gasteiger partial charge is 0.508 e. The van der Waals surface area contributed by atoms with Crippen molar-refractivity contribution in [2.24, 2.45) is 47.7 Å². The predicted octanol–water partition coefficient (Wildman–Crippen LogP) is 25.3. The minimum absolute atomic E-state index is 0.00867. The third kappa shape index (κ3) is 39.6. The van der Waals surface area contributed by atoms with Crippen LogP contribution in [0, 0.1) is 17.8 Å². The van der Waals surface area contributed by atoms with Crippen molar-refractivity contribution in [3.63, 3.8) is 0 Å². The van der Waals surface area contributed by atoms with E-state index in [9.17, 15) is 28.5 Å². The second-order valence-corrected chi connectivity index (χ2v) is 47.2. The third-order valence-electron chi connectivity index (χ3n) is 26.3. The molecule has 0 saturated heterocycles. The molecule has 0 aliphatic heterocycles. The number of carbonyl (C=O) groups is 1. The fourth-order valence-electron chi connectivity index (χ4n) is 20.3. The zero-order valence-corrected chi connectivity index (χ0v) is 88.7. The minimum Gasteiger partial charge on any atom is -0.508 e. The number of aliphatic hydroxyl groups is 1. The Morgan fingerprint density at radius 3 is 1.09 bits per heavy atom. The highest BCUT2D eigenvalue weighted by molar-refractivity contribution is 7.90. The molecular formula is C117H167N19O6S. The van der Waals surface area contributed by atoms with Gasteiger partial charge in [0, 0.05) is 73.3 Å². The van der Waals surface area contributed by atoms with Gasteiger partial charge in [0.2, 0.25) is 17.9 Å². The van der Waals surface area contributed by atoms with E-state index < -0.39 is 10.0 Å². The van der Waals surface area contributed by atoms with Crippen LogP contribution < -0.4 is 68.5 Å². The Bertz CT molecular complexity index is 5530. The summed E-state index contributed by atoms with van der Waals surface area (Å²) in [5, 5.41) is 73.2. The van der Waals surface area contributed by atoms with Gasteiger partial charge in [-0.1, -0.05) is 198 Å². The van der Waals surface area contributed by atoms with Crippen LogP contribution in [0.2, 0.25) is 0 Å². The molecule has 9 saturated carbocycles. The first-order valence-electron chi connectivity index (χ1n) is 52.9. The quantitative estimate of drug-likeness (QED) is 0.0208. The van der Waals surface area contributed by atoms with Crippen LogP contribution in [0.4, 0.5) is 38.9 Å². The number of phenolic OH excluding ortho intramolecular Hbond substituents is 2. The van der Waals surface area contributed by atoms with Gasteiger partial charge in [0.05, 0.1) is 46.0 Å². The van der Waals surface area contributed by atoms with Gasteiger partial charge in [0.15, 0.2) is 17.9 Å². The van der Waals surface area contributed by atoms with Crippen molar-refractivity contribution in [3.8, 4) is 11.5 Å². The highest BCUT2D eigenvalue weighted by Crippen LogP contribution is 2.57. The molecule has 4 bridgehead atoms. The molecule has 0 radical (unpaired) electrons. The summed E-state index contributed by atoms with van der Waals surface area (Å²) < 4.78 is 28.1. The van der Waals surface area contributed by atoms with E-state index in [4.69, 9.17) is 25.0 Å². The number of guanidine groups is 6. The fraction of sp³-hybridized carbons (Fsp3) is 0.513. The molecule has 18 rings (SSSR count). The summed E-state index contributed by atoms with van der Waals surface area (Å²) in [7, 11) is -3.60. The average molecular weight is 1970 g/mol. The zero-order chi connectivity index (χ0) is 102. The maximum Gasteiger partial charge on any atom is 0.321 e. The number of aliphatic imine (C=N–C) groups is 6. The molecular weight excluding hydrogens is 1800 g/mol. The Morgan fingerprint density at radius 1 is 0.343 bits per heavy atom. The highest BCUT2D eigenvalue weighted by Gasteiger charge is 2.51. The standard InChI is InChI=1S/C27H21N3.C19H29N3O2S.C19H17N3O2.C19H35N3.C18H34N4O.C15H31N3O/c1-3-13-22(14-4-1)28-27(29-23-15-5-2-6-16-23)30-26-24-17-9-7-11-20(24)19-21-12-8-10-18-25(21)26;23-25(24,18-14-8-3-9-15-18)22-19(20-16-10-4-1-5-11-16)21-17-12-6-2-7-13-17;23-17-10-6-15(7-11-17)21-19(20-14-4-2-1-3-5-14)22-16-8-12-18(24)13-9-16;1-17(2,3)20-16(21-18(4,5)6)22-19-10-13-7-14(11-19)9-15(8-13)12-19;1-18(2,3)22-17(23)21-16(19-14-10-6-4-7-11-14)20-15-12-8-5-9-13-15;1-14(2,3)17-13(18-15(4,5)6)16-11-7-9-12(19)10-8-11/h1-19H,(H2,28,29,30);3,8-9,14-17H,1-2,4-7,10-13H2,(H2,20,21,22);1-13,23-24H,(H2,20,21,22);13-15H,7-12H2,1-6H3,(H2,20,21,22);14-15H,4-13H2,1-3H3,(H3,19,20,21,22,23);11-12,19H,7-10H2,1-6H3,(H2,16,17,18). The number of phenols is 2. The Balaban J connectivity index is 0.000000154. The summed E-state index contributed by atoms with van der Waals surface area (Å²) >= 11 is 0. The van der Waals surface area contributed by atoms with E-state index in [-0.39, 0.29) is 67.8 Å². The second-order valence-electron chi connectivity index (χ2n) is 45.5. The molecule has 2 amide bonds. The lowest BCUT2D eigenvalue weighted by molar-refractivity contribution is 0.00121. The lowest BCUT2D eigenvalue weighted by Crippen LogP contribution is -2.56. The average Bonchev–Trinajstić information content (AvgIpc) is 0.742. The van der Waals surface area contributed by atoms with Crippen LogP contribution in [0.25, 0.3) is 21.5 Å². The fourth-order valence-corrected chi connectivity index (χ4v) is 21.3. The molecule has 0 unspecified atom stereocenters. The van der Waals surface area contributed by atoms with E-state index in [1.807, 2.05) is 118 Å². The van der Waals surface area contributed by atoms with Crippen molar-refractivity contribution in [3.05, 3.63) is 224 Å². The number of amides is 2. The number of carbonyl (C=O) groups excluding carboxylic acids is 1. The van der Waals surface area contributed by atoms with Gasteiger partial charge in [-0.25, -0.2) is 47.9 Å². The van der Waals surface area contributed by atoms with E-state index >= 15 is 0 Å². The topological polar surface area (TPSA) is 342 Å². The van der Waals surface area contributed by atoms with Crippen LogP contribution in [-0.2, 0) is 10.0 Å². The SMILES string of the molecule is CC(C)(C)NC(=NC12CC3CC(CC(C3)C1)C2)NC(C)(C)C.CC(C)(C)NC(=NC1CCC(O)CC1)NC(C)(C)C.CC(C)(C)NC(=O)NC(=NC1CCCCC1)NC1CCCCC1.O=S(=O)(NC(=NC1CCCCC1)NC1CCCCC1)c1ccccc1.Oc1ccc(N=C(Nc2ccccc2)Nc2ccc(O)cc2)cc1.c1ccc(NC(=Nc2c3ccccc3cc3ccccc23)Nc2ccccc2)cc1.